The van der Waals surface area contributed by atoms with Gasteiger partial charge >= 0.3 is 6.09 Å². The van der Waals surface area contributed by atoms with Gasteiger partial charge in [0.25, 0.3) is 0 Å². The number of nitrogens with two attached hydrogens (primary N) is 1. The first kappa shape index (κ1) is 10.7. The minimum atomic E-state index is -0.424. The number of nitrogens with zero attached hydrogens (tertiary/aromatic N) is 1. The zero-order chi connectivity index (χ0) is 11.5. The van der Waals surface area contributed by atoms with Crippen LogP contribution in [0.15, 0.2) is 0 Å². The zero-order valence-electron chi connectivity index (χ0n) is 9.96. The summed E-state index contributed by atoms with van der Waals surface area (Å²) in [5.41, 5.74) is 5.68. The highest BCUT2D eigenvalue weighted by Gasteiger charge is 2.68. The number of ether oxygens (including phenoxy) is 1. The largest absolute Gasteiger partial charge is 0.444 e. The molecule has 2 atom stereocenters. The Morgan fingerprint density at radius 1 is 1.40 bits per heavy atom. The summed E-state index contributed by atoms with van der Waals surface area (Å²) < 4.78 is 5.31. The summed E-state index contributed by atoms with van der Waals surface area (Å²) in [6.45, 7) is 9.14. The van der Waals surface area contributed by atoms with Crippen LogP contribution >= 0.6 is 0 Å². The van der Waals surface area contributed by atoms with E-state index in [9.17, 15) is 4.79 Å². The fourth-order valence-electron chi connectivity index (χ4n) is 2.39. The monoisotopic (exact) mass is 212 g/mol. The molecule has 1 aliphatic heterocycles. The number of rotatable bonds is 0. The first-order valence-corrected chi connectivity index (χ1v) is 5.42. The summed E-state index contributed by atoms with van der Waals surface area (Å²) in [4.78, 5) is 13.5. The summed E-state index contributed by atoms with van der Waals surface area (Å²) in [7, 11) is 0. The Labute approximate surface area is 90.8 Å². The molecule has 0 unspecified atom stereocenters. The standard InChI is InChI=1S/C11H20N2O2/c1-9(2,3)15-8(14)13-6-10(4)5-11(10,12)7-13/h5-7,12H2,1-4H3/t10-,11+/m0/s1. The van der Waals surface area contributed by atoms with Crippen LogP contribution < -0.4 is 5.73 Å². The molecule has 1 heterocycles. The van der Waals surface area contributed by atoms with Crippen LogP contribution in [0.5, 0.6) is 0 Å². The number of carbonyl (C=O) groups is 1. The first-order valence-electron chi connectivity index (χ1n) is 5.42. The van der Waals surface area contributed by atoms with Crippen molar-refractivity contribution in [3.05, 3.63) is 0 Å². The Kier molecular flexibility index (Phi) is 1.91. The van der Waals surface area contributed by atoms with Crippen molar-refractivity contribution in [2.24, 2.45) is 11.1 Å². The predicted octanol–water partition coefficient (Wildman–Crippen LogP) is 1.34. The molecule has 2 fully saturated rings. The number of carbonyl (C=O) groups excluding carboxylic acids is 1. The molecule has 0 radical (unpaired) electrons. The third kappa shape index (κ3) is 1.71. The molecule has 0 aromatic heterocycles. The molecular formula is C11H20N2O2. The lowest BCUT2D eigenvalue weighted by Crippen LogP contribution is -2.40. The molecular weight excluding hydrogens is 192 g/mol. The van der Waals surface area contributed by atoms with Crippen LogP contribution in [0.1, 0.15) is 34.1 Å². The van der Waals surface area contributed by atoms with E-state index in [4.69, 9.17) is 10.5 Å². The molecule has 2 N–H and O–H groups in total. The van der Waals surface area contributed by atoms with Gasteiger partial charge < -0.3 is 15.4 Å². The van der Waals surface area contributed by atoms with Gasteiger partial charge in [-0.3, -0.25) is 0 Å². The van der Waals surface area contributed by atoms with Crippen molar-refractivity contribution in [1.29, 1.82) is 0 Å². The van der Waals surface area contributed by atoms with E-state index in [0.717, 1.165) is 13.0 Å². The molecule has 1 amide bonds. The molecule has 1 saturated carbocycles. The number of fused-ring (bicyclic) bond motifs is 1. The third-order valence-corrected chi connectivity index (χ3v) is 3.45. The Morgan fingerprint density at radius 2 is 2.00 bits per heavy atom. The van der Waals surface area contributed by atoms with Crippen LogP contribution in [0, 0.1) is 5.41 Å². The fraction of sp³-hybridized carbons (Fsp3) is 0.909. The van der Waals surface area contributed by atoms with Gasteiger partial charge in [-0.1, -0.05) is 6.92 Å². The topological polar surface area (TPSA) is 55.6 Å². The lowest BCUT2D eigenvalue weighted by Gasteiger charge is -2.26. The van der Waals surface area contributed by atoms with Crippen molar-refractivity contribution in [3.8, 4) is 0 Å². The normalized spacial score (nSPS) is 38.9. The Balaban J connectivity index is 1.96. The molecule has 0 aromatic rings. The smallest absolute Gasteiger partial charge is 0.410 e. The van der Waals surface area contributed by atoms with Crippen molar-refractivity contribution < 1.29 is 9.53 Å². The molecule has 0 spiro atoms. The van der Waals surface area contributed by atoms with E-state index in [1.54, 1.807) is 4.90 Å². The molecule has 2 aliphatic rings. The van der Waals surface area contributed by atoms with Gasteiger partial charge in [-0.2, -0.15) is 0 Å². The van der Waals surface area contributed by atoms with Crippen LogP contribution in [-0.4, -0.2) is 35.2 Å². The highest BCUT2D eigenvalue weighted by atomic mass is 16.6. The molecule has 0 bridgehead atoms. The minimum absolute atomic E-state index is 0.129. The molecule has 86 valence electrons. The Morgan fingerprint density at radius 3 is 2.40 bits per heavy atom. The van der Waals surface area contributed by atoms with Crippen molar-refractivity contribution in [1.82, 2.24) is 4.90 Å². The van der Waals surface area contributed by atoms with E-state index in [-0.39, 0.29) is 17.0 Å². The van der Waals surface area contributed by atoms with E-state index in [1.165, 1.54) is 0 Å². The van der Waals surface area contributed by atoms with E-state index < -0.39 is 5.60 Å². The van der Waals surface area contributed by atoms with Gasteiger partial charge in [0.05, 0.1) is 0 Å². The average molecular weight is 212 g/mol. The molecule has 0 aromatic carbocycles. The highest BCUT2D eigenvalue weighted by Crippen LogP contribution is 2.59. The fourth-order valence-corrected chi connectivity index (χ4v) is 2.39. The third-order valence-electron chi connectivity index (χ3n) is 3.45. The second kappa shape index (κ2) is 2.67. The zero-order valence-corrected chi connectivity index (χ0v) is 9.96. The lowest BCUT2D eigenvalue weighted by molar-refractivity contribution is 0.0261. The summed E-state index contributed by atoms with van der Waals surface area (Å²) in [5.74, 6) is 0. The van der Waals surface area contributed by atoms with Crippen molar-refractivity contribution in [2.75, 3.05) is 13.1 Å². The van der Waals surface area contributed by atoms with Gasteiger partial charge in [-0.05, 0) is 27.2 Å². The number of piperidine rings is 1. The van der Waals surface area contributed by atoms with Crippen LogP contribution in [0.3, 0.4) is 0 Å². The molecule has 1 saturated heterocycles. The highest BCUT2D eigenvalue weighted by molar-refractivity contribution is 5.69. The number of hydrogen-bond acceptors (Lipinski definition) is 3. The van der Waals surface area contributed by atoms with E-state index in [0.29, 0.717) is 6.54 Å². The van der Waals surface area contributed by atoms with Crippen molar-refractivity contribution >= 4 is 6.09 Å². The number of hydrogen-bond donors (Lipinski definition) is 1. The molecule has 2 rings (SSSR count). The summed E-state index contributed by atoms with van der Waals surface area (Å²) in [6.07, 6.45) is 0.792. The van der Waals surface area contributed by atoms with Gasteiger partial charge in [0.2, 0.25) is 0 Å². The van der Waals surface area contributed by atoms with Crippen LogP contribution in [0.2, 0.25) is 0 Å². The SMILES string of the molecule is CC(C)(C)OC(=O)N1C[C@]2(C)C[C@@]2(N)C1. The molecule has 15 heavy (non-hydrogen) atoms. The van der Waals surface area contributed by atoms with E-state index in [1.807, 2.05) is 20.8 Å². The van der Waals surface area contributed by atoms with E-state index >= 15 is 0 Å². The van der Waals surface area contributed by atoms with Crippen LogP contribution in [0.25, 0.3) is 0 Å². The average Bonchev–Trinajstić information content (AvgIpc) is 2.38. The second-order valence-electron chi connectivity index (χ2n) is 6.23. The molecule has 4 heteroatoms. The molecule has 4 nitrogen and oxygen atoms in total. The Hall–Kier alpha value is -0.770. The predicted molar refractivity (Wildman–Crippen MR) is 57.4 cm³/mol. The van der Waals surface area contributed by atoms with Gasteiger partial charge in [0.1, 0.15) is 5.60 Å². The van der Waals surface area contributed by atoms with Gasteiger partial charge in [0.15, 0.2) is 0 Å². The second-order valence-corrected chi connectivity index (χ2v) is 6.23. The van der Waals surface area contributed by atoms with Crippen molar-refractivity contribution in [3.63, 3.8) is 0 Å². The van der Waals surface area contributed by atoms with Crippen molar-refractivity contribution in [2.45, 2.75) is 45.3 Å². The minimum Gasteiger partial charge on any atom is -0.444 e. The summed E-state index contributed by atoms with van der Waals surface area (Å²) >= 11 is 0. The summed E-state index contributed by atoms with van der Waals surface area (Å²) in [6, 6.07) is 0. The van der Waals surface area contributed by atoms with Gasteiger partial charge in [0, 0.05) is 24.0 Å². The van der Waals surface area contributed by atoms with Crippen LogP contribution in [0.4, 0.5) is 4.79 Å². The summed E-state index contributed by atoms with van der Waals surface area (Å²) in [5, 5.41) is 0. The van der Waals surface area contributed by atoms with Crippen LogP contribution in [-0.2, 0) is 4.74 Å². The lowest BCUT2D eigenvalue weighted by atomic mass is 10.1. The number of likely N-dealkylation sites (tertiary alicyclic amines) is 1. The number of amides is 1. The maximum Gasteiger partial charge on any atom is 0.410 e. The molecule has 1 aliphatic carbocycles. The van der Waals surface area contributed by atoms with Gasteiger partial charge in [-0.15, -0.1) is 0 Å². The Bertz CT molecular complexity index is 294. The quantitative estimate of drug-likeness (QED) is 0.659. The maximum absolute atomic E-state index is 11.8. The first-order chi connectivity index (χ1) is 6.65. The van der Waals surface area contributed by atoms with Gasteiger partial charge in [-0.25, -0.2) is 4.79 Å². The van der Waals surface area contributed by atoms with E-state index in [2.05, 4.69) is 6.92 Å². The maximum atomic E-state index is 11.8.